The Morgan fingerprint density at radius 2 is 1.05 bits per heavy atom. The van der Waals surface area contributed by atoms with Gasteiger partial charge in [-0.1, -0.05) is 141 Å². The lowest BCUT2D eigenvalue weighted by Crippen LogP contribution is -2.29. The van der Waals surface area contributed by atoms with Gasteiger partial charge in [-0.05, 0) is 38.5 Å². The molecular formula is C35H65O8P. The fraction of sp³-hybridized carbons (Fsp3) is 0.829. The smallest absolute Gasteiger partial charge is 0.462 e. The van der Waals surface area contributed by atoms with Gasteiger partial charge >= 0.3 is 19.8 Å². The lowest BCUT2D eigenvalue weighted by Gasteiger charge is -2.18. The third kappa shape index (κ3) is 33.4. The number of carbonyl (C=O) groups excluding carboxylic acids is 2. The fourth-order valence-corrected chi connectivity index (χ4v) is 5.16. The van der Waals surface area contributed by atoms with Crippen LogP contribution in [0.5, 0.6) is 0 Å². The van der Waals surface area contributed by atoms with Gasteiger partial charge in [0.2, 0.25) is 0 Å². The second-order valence-electron chi connectivity index (χ2n) is 11.8. The van der Waals surface area contributed by atoms with E-state index in [4.69, 9.17) is 19.3 Å². The monoisotopic (exact) mass is 644 g/mol. The van der Waals surface area contributed by atoms with Crippen molar-refractivity contribution in [1.29, 1.82) is 0 Å². The summed E-state index contributed by atoms with van der Waals surface area (Å²) in [6.07, 6.45) is 33.2. The van der Waals surface area contributed by atoms with Crippen molar-refractivity contribution < 1.29 is 37.9 Å². The molecule has 1 atom stereocenters. The van der Waals surface area contributed by atoms with Crippen LogP contribution in [0.15, 0.2) is 24.3 Å². The number of carbonyl (C=O) groups is 2. The predicted octanol–water partition coefficient (Wildman–Crippen LogP) is 10.1. The molecule has 0 aliphatic carbocycles. The van der Waals surface area contributed by atoms with Crippen LogP contribution in [0.25, 0.3) is 0 Å². The van der Waals surface area contributed by atoms with Crippen molar-refractivity contribution in [2.75, 3.05) is 13.2 Å². The number of hydrogen-bond donors (Lipinski definition) is 2. The Morgan fingerprint density at radius 3 is 1.57 bits per heavy atom. The Hall–Kier alpha value is -1.47. The van der Waals surface area contributed by atoms with E-state index in [1.54, 1.807) is 0 Å². The van der Waals surface area contributed by atoms with Gasteiger partial charge in [-0.3, -0.25) is 14.1 Å². The van der Waals surface area contributed by atoms with E-state index in [0.717, 1.165) is 64.2 Å². The molecule has 0 aliphatic heterocycles. The number of rotatable bonds is 32. The van der Waals surface area contributed by atoms with Crippen molar-refractivity contribution in [3.8, 4) is 0 Å². The van der Waals surface area contributed by atoms with Crippen LogP contribution in [0.2, 0.25) is 0 Å². The summed E-state index contributed by atoms with van der Waals surface area (Å²) in [4.78, 5) is 42.6. The zero-order valence-corrected chi connectivity index (χ0v) is 29.0. The second-order valence-corrected chi connectivity index (χ2v) is 13.1. The molecule has 0 spiro atoms. The van der Waals surface area contributed by atoms with Crippen molar-refractivity contribution in [2.45, 2.75) is 174 Å². The van der Waals surface area contributed by atoms with Gasteiger partial charge in [0.1, 0.15) is 6.61 Å². The molecule has 0 unspecified atom stereocenters. The lowest BCUT2D eigenvalue weighted by atomic mass is 10.0. The molecule has 0 rings (SSSR count). The number of phosphoric acid groups is 1. The molecule has 0 radical (unpaired) electrons. The van der Waals surface area contributed by atoms with E-state index in [1.165, 1.54) is 64.2 Å². The summed E-state index contributed by atoms with van der Waals surface area (Å²) >= 11 is 0. The van der Waals surface area contributed by atoms with Crippen molar-refractivity contribution in [1.82, 2.24) is 0 Å². The van der Waals surface area contributed by atoms with E-state index < -0.39 is 32.5 Å². The summed E-state index contributed by atoms with van der Waals surface area (Å²) < 4.78 is 26.2. The maximum atomic E-state index is 12.3. The van der Waals surface area contributed by atoms with Gasteiger partial charge in [0.25, 0.3) is 0 Å². The number of unbranched alkanes of at least 4 members (excludes halogenated alkanes) is 18. The quantitative estimate of drug-likeness (QED) is 0.0321. The maximum absolute atomic E-state index is 12.3. The van der Waals surface area contributed by atoms with Crippen LogP contribution in [0.3, 0.4) is 0 Å². The SMILES string of the molecule is CCCC/C=C/C/C=C/CCCCCCCC(=O)OC[C@H](COP(=O)(O)O)OC(=O)CCCCCCCCCCCCCC. The molecule has 0 aromatic carbocycles. The van der Waals surface area contributed by atoms with Gasteiger partial charge in [0, 0.05) is 12.8 Å². The molecule has 0 aromatic rings. The molecule has 8 nitrogen and oxygen atoms in total. The van der Waals surface area contributed by atoms with E-state index >= 15 is 0 Å². The maximum Gasteiger partial charge on any atom is 0.469 e. The first-order chi connectivity index (χ1) is 21.3. The van der Waals surface area contributed by atoms with Crippen molar-refractivity contribution in [3.05, 3.63) is 24.3 Å². The van der Waals surface area contributed by atoms with Gasteiger partial charge in [-0.15, -0.1) is 0 Å². The first-order valence-electron chi connectivity index (χ1n) is 17.6. The zero-order valence-electron chi connectivity index (χ0n) is 28.1. The van der Waals surface area contributed by atoms with Crippen LogP contribution in [-0.2, 0) is 28.2 Å². The molecule has 0 aliphatic rings. The molecule has 0 amide bonds. The van der Waals surface area contributed by atoms with Gasteiger partial charge in [-0.2, -0.15) is 0 Å². The van der Waals surface area contributed by atoms with Crippen LogP contribution in [0, 0.1) is 0 Å². The van der Waals surface area contributed by atoms with Gasteiger partial charge in [0.05, 0.1) is 6.61 Å². The number of ether oxygens (including phenoxy) is 2. The molecule has 2 N–H and O–H groups in total. The van der Waals surface area contributed by atoms with Gasteiger partial charge < -0.3 is 19.3 Å². The first-order valence-corrected chi connectivity index (χ1v) is 19.2. The Morgan fingerprint density at radius 1 is 0.591 bits per heavy atom. The number of phosphoric ester groups is 1. The van der Waals surface area contributed by atoms with Crippen molar-refractivity contribution in [2.24, 2.45) is 0 Å². The fourth-order valence-electron chi connectivity index (χ4n) is 4.80. The second kappa shape index (κ2) is 31.5. The van der Waals surface area contributed by atoms with E-state index in [0.29, 0.717) is 12.8 Å². The molecule has 0 fully saturated rings. The van der Waals surface area contributed by atoms with Gasteiger partial charge in [0.15, 0.2) is 6.10 Å². The average Bonchev–Trinajstić information content (AvgIpc) is 2.98. The summed E-state index contributed by atoms with van der Waals surface area (Å²) in [6, 6.07) is 0. The molecule has 44 heavy (non-hydrogen) atoms. The highest BCUT2D eigenvalue weighted by atomic mass is 31.2. The number of allylic oxidation sites excluding steroid dienone is 4. The zero-order chi connectivity index (χ0) is 32.6. The molecule has 9 heteroatoms. The summed E-state index contributed by atoms with van der Waals surface area (Å²) in [5, 5.41) is 0. The van der Waals surface area contributed by atoms with Crippen LogP contribution in [0.4, 0.5) is 0 Å². The van der Waals surface area contributed by atoms with E-state index in [-0.39, 0.29) is 19.4 Å². The Labute approximate surface area is 269 Å². The summed E-state index contributed by atoms with van der Waals surface area (Å²) in [5.74, 6) is -0.899. The third-order valence-corrected chi connectivity index (χ3v) is 7.96. The molecule has 0 saturated carbocycles. The van der Waals surface area contributed by atoms with Crippen LogP contribution in [0.1, 0.15) is 168 Å². The lowest BCUT2D eigenvalue weighted by molar-refractivity contribution is -0.161. The molecular weight excluding hydrogens is 579 g/mol. The minimum atomic E-state index is -4.74. The van der Waals surface area contributed by atoms with Crippen LogP contribution in [-0.4, -0.2) is 41.0 Å². The summed E-state index contributed by atoms with van der Waals surface area (Å²) in [5.41, 5.74) is 0. The Kier molecular flexibility index (Phi) is 30.5. The van der Waals surface area contributed by atoms with E-state index in [1.807, 2.05) is 0 Å². The topological polar surface area (TPSA) is 119 Å². The Balaban J connectivity index is 4.01. The average molecular weight is 645 g/mol. The van der Waals surface area contributed by atoms with Crippen LogP contribution >= 0.6 is 7.82 Å². The third-order valence-electron chi connectivity index (χ3n) is 7.47. The van der Waals surface area contributed by atoms with Crippen LogP contribution < -0.4 is 0 Å². The minimum absolute atomic E-state index is 0.212. The highest BCUT2D eigenvalue weighted by Gasteiger charge is 2.22. The van der Waals surface area contributed by atoms with E-state index in [2.05, 4.69) is 42.7 Å². The first kappa shape index (κ1) is 42.5. The highest BCUT2D eigenvalue weighted by Crippen LogP contribution is 2.36. The standard InChI is InChI=1S/C35H65O8P/c1-3-5-7-9-11-13-15-17-18-20-21-23-25-27-29-34(36)41-31-33(32-42-44(38,39)40)43-35(37)30-28-26-24-22-19-16-14-12-10-8-6-4-2/h9,11,15,17,33H,3-8,10,12-14,16,18-32H2,1-2H3,(H2,38,39,40)/b11-9+,17-15+/t33-/m1/s1. The predicted molar refractivity (Wildman–Crippen MR) is 179 cm³/mol. The van der Waals surface area contributed by atoms with Gasteiger partial charge in [-0.25, -0.2) is 4.57 Å². The number of hydrogen-bond acceptors (Lipinski definition) is 6. The minimum Gasteiger partial charge on any atom is -0.462 e. The molecule has 258 valence electrons. The highest BCUT2D eigenvalue weighted by molar-refractivity contribution is 7.46. The summed E-state index contributed by atoms with van der Waals surface area (Å²) in [7, 11) is -4.74. The van der Waals surface area contributed by atoms with Crippen molar-refractivity contribution >= 4 is 19.8 Å². The molecule has 0 heterocycles. The normalized spacial score (nSPS) is 12.7. The van der Waals surface area contributed by atoms with Crippen molar-refractivity contribution in [3.63, 3.8) is 0 Å². The summed E-state index contributed by atoms with van der Waals surface area (Å²) in [6.45, 7) is 3.61. The molecule has 0 bridgehead atoms. The Bertz CT molecular complexity index is 777. The number of esters is 2. The van der Waals surface area contributed by atoms with E-state index in [9.17, 15) is 14.2 Å². The molecule has 0 aromatic heterocycles. The largest absolute Gasteiger partial charge is 0.469 e. The molecule has 0 saturated heterocycles.